The van der Waals surface area contributed by atoms with Gasteiger partial charge in [-0.15, -0.1) is 0 Å². The Labute approximate surface area is 98.9 Å². The van der Waals surface area contributed by atoms with Crippen molar-refractivity contribution in [3.63, 3.8) is 0 Å². The van der Waals surface area contributed by atoms with E-state index < -0.39 is 0 Å². The van der Waals surface area contributed by atoms with E-state index in [0.717, 1.165) is 12.3 Å². The first kappa shape index (κ1) is 10.8. The molecule has 1 unspecified atom stereocenters. The Balaban J connectivity index is 2.18. The molecule has 3 rings (SSSR count). The molecule has 1 heteroatoms. The Bertz CT molecular complexity index is 364. The maximum atomic E-state index is 10.1. The van der Waals surface area contributed by atoms with E-state index >= 15 is 0 Å². The average molecular weight is 220 g/mol. The number of aliphatic hydroxyl groups is 1. The molecular formula is C15H24O. The largest absolute Gasteiger partial charge is 0.389 e. The fourth-order valence-electron chi connectivity index (χ4n) is 5.07. The normalized spacial score (nSPS) is 47.7. The molecule has 0 aliphatic heterocycles. The number of allylic oxidation sites excluding steroid dienone is 1. The molecular weight excluding hydrogens is 196 g/mol. The number of fused-ring (bicyclic) bond motifs is 1. The number of rotatable bonds is 0. The molecule has 2 fully saturated rings. The van der Waals surface area contributed by atoms with Crippen molar-refractivity contribution in [2.45, 2.75) is 59.5 Å². The second-order valence-corrected chi connectivity index (χ2v) is 7.48. The Morgan fingerprint density at radius 3 is 2.56 bits per heavy atom. The fourth-order valence-corrected chi connectivity index (χ4v) is 5.07. The molecule has 2 bridgehead atoms. The van der Waals surface area contributed by atoms with Crippen LogP contribution in [0, 0.1) is 22.2 Å². The lowest BCUT2D eigenvalue weighted by Gasteiger charge is -2.52. The van der Waals surface area contributed by atoms with Crippen molar-refractivity contribution in [3.05, 3.63) is 11.6 Å². The first-order valence-electron chi connectivity index (χ1n) is 6.70. The third-order valence-electron chi connectivity index (χ3n) is 6.12. The molecule has 16 heavy (non-hydrogen) atoms. The van der Waals surface area contributed by atoms with E-state index in [1.165, 1.54) is 19.3 Å². The van der Waals surface area contributed by atoms with Crippen LogP contribution in [0.15, 0.2) is 11.6 Å². The lowest BCUT2D eigenvalue weighted by molar-refractivity contribution is 0.0341. The monoisotopic (exact) mass is 220 g/mol. The van der Waals surface area contributed by atoms with Gasteiger partial charge in [0.1, 0.15) is 0 Å². The molecule has 1 spiro atoms. The first-order valence-corrected chi connectivity index (χ1v) is 6.70. The molecule has 0 saturated heterocycles. The maximum absolute atomic E-state index is 10.1. The van der Waals surface area contributed by atoms with Crippen molar-refractivity contribution in [2.75, 3.05) is 0 Å². The quantitative estimate of drug-likeness (QED) is 0.619. The Morgan fingerprint density at radius 2 is 1.88 bits per heavy atom. The van der Waals surface area contributed by atoms with E-state index in [2.05, 4.69) is 33.8 Å². The summed E-state index contributed by atoms with van der Waals surface area (Å²) in [5.74, 6) is 0.850. The third kappa shape index (κ3) is 1.01. The number of hydrogen-bond acceptors (Lipinski definition) is 1. The van der Waals surface area contributed by atoms with Crippen LogP contribution in [0.3, 0.4) is 0 Å². The summed E-state index contributed by atoms with van der Waals surface area (Å²) in [4.78, 5) is 0. The lowest BCUT2D eigenvalue weighted by Crippen LogP contribution is -2.44. The summed E-state index contributed by atoms with van der Waals surface area (Å²) in [5.41, 5.74) is 2.61. The number of hydrogen-bond donors (Lipinski definition) is 1. The van der Waals surface area contributed by atoms with Gasteiger partial charge < -0.3 is 5.11 Å². The molecule has 90 valence electrons. The molecule has 3 aliphatic carbocycles. The van der Waals surface area contributed by atoms with E-state index in [1.54, 1.807) is 5.57 Å². The summed E-state index contributed by atoms with van der Waals surface area (Å²) in [6, 6.07) is 0. The highest BCUT2D eigenvalue weighted by Crippen LogP contribution is 2.73. The van der Waals surface area contributed by atoms with Crippen molar-refractivity contribution in [1.29, 1.82) is 0 Å². The molecule has 3 aliphatic rings. The molecule has 2 saturated carbocycles. The fraction of sp³-hybridized carbons (Fsp3) is 0.867. The van der Waals surface area contributed by atoms with Crippen molar-refractivity contribution >= 4 is 0 Å². The Hall–Kier alpha value is -0.300. The molecule has 0 aromatic heterocycles. The minimum absolute atomic E-state index is 0.214. The van der Waals surface area contributed by atoms with E-state index in [9.17, 15) is 5.11 Å². The van der Waals surface area contributed by atoms with E-state index in [0.29, 0.717) is 10.8 Å². The molecule has 1 nitrogen and oxygen atoms in total. The van der Waals surface area contributed by atoms with E-state index in [4.69, 9.17) is 0 Å². The zero-order valence-corrected chi connectivity index (χ0v) is 11.0. The predicted octanol–water partition coefficient (Wildman–Crippen LogP) is 3.53. The Morgan fingerprint density at radius 1 is 1.19 bits per heavy atom. The van der Waals surface area contributed by atoms with Gasteiger partial charge in [-0.2, -0.15) is 0 Å². The van der Waals surface area contributed by atoms with Crippen molar-refractivity contribution in [2.24, 2.45) is 22.2 Å². The predicted molar refractivity (Wildman–Crippen MR) is 66.0 cm³/mol. The SMILES string of the molecule is CC1(C)C2=CC(O)CC(C)(C)[C@]23CC[C@H]1C3. The molecule has 0 heterocycles. The maximum Gasteiger partial charge on any atom is 0.0729 e. The second-order valence-electron chi connectivity index (χ2n) is 7.48. The van der Waals surface area contributed by atoms with E-state index in [1.807, 2.05) is 0 Å². The first-order chi connectivity index (χ1) is 7.30. The van der Waals surface area contributed by atoms with Gasteiger partial charge in [0.2, 0.25) is 0 Å². The van der Waals surface area contributed by atoms with Gasteiger partial charge >= 0.3 is 0 Å². The van der Waals surface area contributed by atoms with Crippen LogP contribution in [0.4, 0.5) is 0 Å². The standard InChI is InChI=1S/C15H24O/c1-13(2)9-11(16)7-12-14(3,4)10-5-6-15(12,13)8-10/h7,10-11,16H,5-6,8-9H2,1-4H3/t10-,11?,15-/m0/s1. The number of aliphatic hydroxyl groups excluding tert-OH is 1. The highest BCUT2D eigenvalue weighted by Gasteiger charge is 2.64. The summed E-state index contributed by atoms with van der Waals surface area (Å²) in [6.45, 7) is 9.51. The van der Waals surface area contributed by atoms with Crippen molar-refractivity contribution < 1.29 is 5.11 Å². The van der Waals surface area contributed by atoms with Gasteiger partial charge in [-0.05, 0) is 47.8 Å². The zero-order chi connectivity index (χ0) is 11.8. The third-order valence-corrected chi connectivity index (χ3v) is 6.12. The summed E-state index contributed by atoms with van der Waals surface area (Å²) in [6.07, 6.45) is 7.04. The molecule has 0 amide bonds. The summed E-state index contributed by atoms with van der Waals surface area (Å²) >= 11 is 0. The van der Waals surface area contributed by atoms with Gasteiger partial charge in [0.15, 0.2) is 0 Å². The molecule has 0 aromatic carbocycles. The van der Waals surface area contributed by atoms with Crippen LogP contribution in [-0.2, 0) is 0 Å². The van der Waals surface area contributed by atoms with Crippen LogP contribution >= 0.6 is 0 Å². The smallest absolute Gasteiger partial charge is 0.0729 e. The van der Waals surface area contributed by atoms with Crippen LogP contribution in [0.5, 0.6) is 0 Å². The Kier molecular flexibility index (Phi) is 1.86. The highest BCUT2D eigenvalue weighted by molar-refractivity contribution is 5.37. The summed E-state index contributed by atoms with van der Waals surface area (Å²) in [7, 11) is 0. The van der Waals surface area contributed by atoms with Crippen LogP contribution in [0.1, 0.15) is 53.4 Å². The van der Waals surface area contributed by atoms with Gasteiger partial charge in [-0.3, -0.25) is 0 Å². The van der Waals surface area contributed by atoms with Crippen molar-refractivity contribution in [1.82, 2.24) is 0 Å². The second kappa shape index (κ2) is 2.75. The minimum atomic E-state index is -0.214. The molecule has 0 aromatic rings. The highest BCUT2D eigenvalue weighted by atomic mass is 16.3. The minimum Gasteiger partial charge on any atom is -0.389 e. The molecule has 1 N–H and O–H groups in total. The molecule has 3 atom stereocenters. The summed E-state index contributed by atoms with van der Waals surface area (Å²) in [5, 5.41) is 10.1. The lowest BCUT2D eigenvalue weighted by atomic mass is 9.53. The zero-order valence-electron chi connectivity index (χ0n) is 11.0. The molecule has 0 radical (unpaired) electrons. The van der Waals surface area contributed by atoms with Crippen LogP contribution in [-0.4, -0.2) is 11.2 Å². The van der Waals surface area contributed by atoms with Gasteiger partial charge in [0.05, 0.1) is 6.10 Å². The van der Waals surface area contributed by atoms with Gasteiger partial charge in [-0.1, -0.05) is 39.3 Å². The van der Waals surface area contributed by atoms with Crippen LogP contribution in [0.25, 0.3) is 0 Å². The van der Waals surface area contributed by atoms with Crippen LogP contribution in [0.2, 0.25) is 0 Å². The van der Waals surface area contributed by atoms with Crippen LogP contribution < -0.4 is 0 Å². The van der Waals surface area contributed by atoms with E-state index in [-0.39, 0.29) is 11.5 Å². The summed E-state index contributed by atoms with van der Waals surface area (Å²) < 4.78 is 0. The van der Waals surface area contributed by atoms with Gasteiger partial charge in [-0.25, -0.2) is 0 Å². The average Bonchev–Trinajstić information content (AvgIpc) is 2.63. The van der Waals surface area contributed by atoms with Gasteiger partial charge in [0, 0.05) is 0 Å². The van der Waals surface area contributed by atoms with Crippen molar-refractivity contribution in [3.8, 4) is 0 Å². The van der Waals surface area contributed by atoms with Gasteiger partial charge in [0.25, 0.3) is 0 Å². The topological polar surface area (TPSA) is 20.2 Å².